The summed E-state index contributed by atoms with van der Waals surface area (Å²) in [5.74, 6) is 0.271. The van der Waals surface area contributed by atoms with Crippen molar-refractivity contribution >= 4 is 11.4 Å². The second-order valence-electron chi connectivity index (χ2n) is 4.17. The van der Waals surface area contributed by atoms with Gasteiger partial charge in [-0.15, -0.1) is 0 Å². The van der Waals surface area contributed by atoms with Crippen LogP contribution in [0.4, 0.5) is 11.4 Å². The van der Waals surface area contributed by atoms with Crippen molar-refractivity contribution in [3.8, 4) is 5.75 Å². The molecule has 7 nitrogen and oxygen atoms in total. The number of benzene rings is 1. The van der Waals surface area contributed by atoms with Crippen LogP contribution in [0.25, 0.3) is 0 Å². The lowest BCUT2D eigenvalue weighted by Gasteiger charge is -2.09. The van der Waals surface area contributed by atoms with Gasteiger partial charge in [-0.25, -0.2) is 0 Å². The maximum Gasteiger partial charge on any atom is 0.311 e. The first-order chi connectivity index (χ1) is 9.61. The topological polar surface area (TPSA) is 82.2 Å². The third kappa shape index (κ3) is 3.05. The molecule has 1 heterocycles. The molecule has 0 spiro atoms. The highest BCUT2D eigenvalue weighted by molar-refractivity contribution is 5.58. The fourth-order valence-electron chi connectivity index (χ4n) is 1.81. The van der Waals surface area contributed by atoms with E-state index in [0.717, 1.165) is 11.4 Å². The van der Waals surface area contributed by atoms with Crippen molar-refractivity contribution in [2.75, 3.05) is 11.9 Å². The molecule has 2 rings (SSSR count). The number of hydrogen-bond donors (Lipinski definition) is 1. The second kappa shape index (κ2) is 6.05. The van der Waals surface area contributed by atoms with Gasteiger partial charge in [0.25, 0.3) is 0 Å². The van der Waals surface area contributed by atoms with Crippen molar-refractivity contribution in [3.05, 3.63) is 46.3 Å². The molecular weight excluding hydrogens is 260 g/mol. The van der Waals surface area contributed by atoms with Crippen molar-refractivity contribution in [1.82, 2.24) is 9.78 Å². The standard InChI is InChI=1S/C13H16N4O3/c1-3-20-13-8-10(4-5-12(13)17(18)19)14-9-11-6-7-15-16(11)2/h4-8,14H,3,9H2,1-2H3. The Labute approximate surface area is 116 Å². The minimum atomic E-state index is -0.449. The quantitative estimate of drug-likeness (QED) is 0.646. The number of nitro groups is 1. The van der Waals surface area contributed by atoms with Gasteiger partial charge in [0.1, 0.15) is 0 Å². The van der Waals surface area contributed by atoms with Gasteiger partial charge in [-0.3, -0.25) is 14.8 Å². The lowest BCUT2D eigenvalue weighted by molar-refractivity contribution is -0.385. The van der Waals surface area contributed by atoms with E-state index in [1.54, 1.807) is 29.9 Å². The first-order valence-corrected chi connectivity index (χ1v) is 6.23. The molecule has 2 aromatic rings. The minimum absolute atomic E-state index is 0.0297. The Balaban J connectivity index is 2.14. The zero-order valence-electron chi connectivity index (χ0n) is 11.4. The van der Waals surface area contributed by atoms with Gasteiger partial charge in [-0.2, -0.15) is 5.10 Å². The van der Waals surface area contributed by atoms with Crippen molar-refractivity contribution in [3.63, 3.8) is 0 Å². The van der Waals surface area contributed by atoms with Crippen LogP contribution in [0.1, 0.15) is 12.6 Å². The van der Waals surface area contributed by atoms with E-state index in [-0.39, 0.29) is 11.4 Å². The summed E-state index contributed by atoms with van der Waals surface area (Å²) in [7, 11) is 1.86. The normalized spacial score (nSPS) is 10.3. The number of ether oxygens (including phenoxy) is 1. The van der Waals surface area contributed by atoms with E-state index in [0.29, 0.717) is 13.2 Å². The first kappa shape index (κ1) is 13.9. The molecule has 0 radical (unpaired) electrons. The molecule has 0 fully saturated rings. The minimum Gasteiger partial charge on any atom is -0.487 e. The van der Waals surface area contributed by atoms with E-state index < -0.39 is 4.92 Å². The summed E-state index contributed by atoms with van der Waals surface area (Å²) in [6, 6.07) is 6.65. The number of nitrogens with one attached hydrogen (secondary N) is 1. The Bertz CT molecular complexity index is 609. The van der Waals surface area contributed by atoms with E-state index in [1.165, 1.54) is 6.07 Å². The van der Waals surface area contributed by atoms with Crippen LogP contribution in [-0.4, -0.2) is 21.3 Å². The molecule has 0 unspecified atom stereocenters. The van der Waals surface area contributed by atoms with E-state index in [2.05, 4.69) is 10.4 Å². The molecule has 20 heavy (non-hydrogen) atoms. The fraction of sp³-hybridized carbons (Fsp3) is 0.308. The average molecular weight is 276 g/mol. The van der Waals surface area contributed by atoms with Gasteiger partial charge in [-0.1, -0.05) is 0 Å². The molecule has 0 aliphatic rings. The molecule has 0 saturated heterocycles. The highest BCUT2D eigenvalue weighted by Crippen LogP contribution is 2.30. The van der Waals surface area contributed by atoms with Gasteiger partial charge in [0.2, 0.25) is 0 Å². The molecule has 0 aliphatic heterocycles. The molecule has 1 aromatic heterocycles. The first-order valence-electron chi connectivity index (χ1n) is 6.23. The average Bonchev–Trinajstić information content (AvgIpc) is 2.82. The lowest BCUT2D eigenvalue weighted by Crippen LogP contribution is -2.06. The van der Waals surface area contributed by atoms with Gasteiger partial charge >= 0.3 is 5.69 Å². The van der Waals surface area contributed by atoms with Crippen molar-refractivity contribution in [2.24, 2.45) is 7.05 Å². The van der Waals surface area contributed by atoms with Crippen LogP contribution < -0.4 is 10.1 Å². The van der Waals surface area contributed by atoms with Crippen LogP contribution in [0.5, 0.6) is 5.75 Å². The molecule has 1 N–H and O–H groups in total. The Morgan fingerprint density at radius 3 is 2.85 bits per heavy atom. The third-order valence-corrected chi connectivity index (χ3v) is 2.85. The largest absolute Gasteiger partial charge is 0.487 e. The molecular formula is C13H16N4O3. The third-order valence-electron chi connectivity index (χ3n) is 2.85. The number of aromatic nitrogens is 2. The molecule has 106 valence electrons. The van der Waals surface area contributed by atoms with Crippen LogP contribution in [0.15, 0.2) is 30.5 Å². The fourth-order valence-corrected chi connectivity index (χ4v) is 1.81. The Morgan fingerprint density at radius 1 is 1.45 bits per heavy atom. The van der Waals surface area contributed by atoms with Crippen LogP contribution in [0, 0.1) is 10.1 Å². The highest BCUT2D eigenvalue weighted by Gasteiger charge is 2.15. The molecule has 0 amide bonds. The summed E-state index contributed by atoms with van der Waals surface area (Å²) in [5.41, 5.74) is 1.75. The van der Waals surface area contributed by atoms with Crippen LogP contribution >= 0.6 is 0 Å². The smallest absolute Gasteiger partial charge is 0.311 e. The van der Waals surface area contributed by atoms with Crippen LogP contribution in [0.2, 0.25) is 0 Å². The van der Waals surface area contributed by atoms with Gasteiger partial charge in [0, 0.05) is 31.1 Å². The van der Waals surface area contributed by atoms with E-state index in [4.69, 9.17) is 4.74 Å². The Kier molecular flexibility index (Phi) is 4.19. The van der Waals surface area contributed by atoms with E-state index >= 15 is 0 Å². The summed E-state index contributed by atoms with van der Waals surface area (Å²) in [6.45, 7) is 2.76. The number of anilines is 1. The maximum atomic E-state index is 10.9. The van der Waals surface area contributed by atoms with E-state index in [1.807, 2.05) is 13.1 Å². The summed E-state index contributed by atoms with van der Waals surface area (Å²) >= 11 is 0. The summed E-state index contributed by atoms with van der Waals surface area (Å²) in [4.78, 5) is 10.4. The van der Waals surface area contributed by atoms with Gasteiger partial charge in [-0.05, 0) is 19.1 Å². The summed E-state index contributed by atoms with van der Waals surface area (Å²) < 4.78 is 7.07. The number of hydrogen-bond acceptors (Lipinski definition) is 5. The monoisotopic (exact) mass is 276 g/mol. The zero-order valence-corrected chi connectivity index (χ0v) is 11.4. The second-order valence-corrected chi connectivity index (χ2v) is 4.17. The van der Waals surface area contributed by atoms with Gasteiger partial charge in [0.05, 0.1) is 23.8 Å². The van der Waals surface area contributed by atoms with Crippen molar-refractivity contribution in [1.29, 1.82) is 0 Å². The van der Waals surface area contributed by atoms with Gasteiger partial charge < -0.3 is 10.1 Å². The number of aryl methyl sites for hydroxylation is 1. The predicted molar refractivity (Wildman–Crippen MR) is 74.8 cm³/mol. The van der Waals surface area contributed by atoms with Crippen molar-refractivity contribution < 1.29 is 9.66 Å². The van der Waals surface area contributed by atoms with Crippen LogP contribution in [0.3, 0.4) is 0 Å². The summed E-state index contributed by atoms with van der Waals surface area (Å²) in [5, 5.41) is 18.2. The van der Waals surface area contributed by atoms with Gasteiger partial charge in [0.15, 0.2) is 5.75 Å². The molecule has 0 atom stereocenters. The Morgan fingerprint density at radius 2 is 2.25 bits per heavy atom. The Hall–Kier alpha value is -2.57. The summed E-state index contributed by atoms with van der Waals surface area (Å²) in [6.07, 6.45) is 1.72. The highest BCUT2D eigenvalue weighted by atomic mass is 16.6. The maximum absolute atomic E-state index is 10.9. The number of rotatable bonds is 6. The number of nitrogens with zero attached hydrogens (tertiary/aromatic N) is 3. The molecule has 0 aliphatic carbocycles. The van der Waals surface area contributed by atoms with Crippen molar-refractivity contribution in [2.45, 2.75) is 13.5 Å². The lowest BCUT2D eigenvalue weighted by atomic mass is 10.2. The SMILES string of the molecule is CCOc1cc(NCc2ccnn2C)ccc1[N+](=O)[O-]. The number of nitro benzene ring substituents is 1. The molecule has 1 aromatic carbocycles. The zero-order chi connectivity index (χ0) is 14.5. The molecule has 0 bridgehead atoms. The molecule has 0 saturated carbocycles. The molecule has 7 heteroatoms. The van der Waals surface area contributed by atoms with E-state index in [9.17, 15) is 10.1 Å². The van der Waals surface area contributed by atoms with Crippen LogP contribution in [-0.2, 0) is 13.6 Å². The predicted octanol–water partition coefficient (Wildman–Crippen LogP) is 2.34.